The van der Waals surface area contributed by atoms with E-state index in [4.69, 9.17) is 18.9 Å². The van der Waals surface area contributed by atoms with Crippen LogP contribution in [0.15, 0.2) is 71.9 Å². The maximum Gasteiger partial charge on any atom is 0.264 e. The SMILES string of the molecule is COc1cc(N2CCC(N3CCN(C(=O)CCOCCOCCOCCNc4cccc5c4C(=O)N(C4CCC(=O)NC4=O)C5=O)CC3)CC2)ccc1Nc1ncnc(Nc2ccccc2S(=O)(=O)C(C)C)n1. The topological polar surface area (TPSA) is 256 Å². The van der Waals surface area contributed by atoms with Crippen molar-refractivity contribution in [2.45, 2.75) is 68.2 Å². The fourth-order valence-corrected chi connectivity index (χ4v) is 10.5. The molecule has 3 fully saturated rings. The van der Waals surface area contributed by atoms with Gasteiger partial charge in [0.05, 0.1) is 85.8 Å². The van der Waals surface area contributed by atoms with Crippen LogP contribution in [-0.2, 0) is 38.4 Å². The van der Waals surface area contributed by atoms with Crippen molar-refractivity contribution in [2.24, 2.45) is 0 Å². The second-order valence-electron chi connectivity index (χ2n) is 18.2. The highest BCUT2D eigenvalue weighted by atomic mass is 32.2. The Morgan fingerprint density at radius 3 is 2.14 bits per heavy atom. The number of nitrogens with one attached hydrogen (secondary N) is 4. The normalized spacial score (nSPS) is 17.8. The largest absolute Gasteiger partial charge is 0.494 e. The van der Waals surface area contributed by atoms with E-state index in [1.54, 1.807) is 63.4 Å². The number of sulfone groups is 1. The molecule has 3 aromatic carbocycles. The van der Waals surface area contributed by atoms with Gasteiger partial charge >= 0.3 is 0 Å². The van der Waals surface area contributed by atoms with E-state index in [9.17, 15) is 32.4 Å². The molecule has 0 radical (unpaired) electrons. The number of amides is 5. The van der Waals surface area contributed by atoms with Crippen LogP contribution in [0.4, 0.5) is 34.6 Å². The second-order valence-corrected chi connectivity index (χ2v) is 20.7. The summed E-state index contributed by atoms with van der Waals surface area (Å²) in [5, 5.41) is 11.0. The lowest BCUT2D eigenvalue weighted by Crippen LogP contribution is -2.54. The fraction of sp³-hybridized carbons (Fsp3) is 0.480. The van der Waals surface area contributed by atoms with Gasteiger partial charge in [-0.2, -0.15) is 4.98 Å². The van der Waals surface area contributed by atoms with E-state index in [-0.39, 0.29) is 46.7 Å². The molecule has 4 aliphatic rings. The molecule has 23 heteroatoms. The van der Waals surface area contributed by atoms with Crippen LogP contribution < -0.4 is 30.9 Å². The molecule has 22 nitrogen and oxygen atoms in total. The van der Waals surface area contributed by atoms with E-state index in [2.05, 4.69) is 46.0 Å². The number of piperidine rings is 2. The summed E-state index contributed by atoms with van der Waals surface area (Å²) in [7, 11) is -1.94. The number of aromatic nitrogens is 3. The van der Waals surface area contributed by atoms with Crippen molar-refractivity contribution in [3.8, 4) is 5.75 Å². The number of rotatable bonds is 23. The molecule has 0 saturated carbocycles. The lowest BCUT2D eigenvalue weighted by atomic mass is 10.0. The molecule has 0 aliphatic carbocycles. The maximum absolute atomic E-state index is 13.3. The van der Waals surface area contributed by atoms with Gasteiger partial charge in [-0.3, -0.25) is 39.1 Å². The predicted octanol–water partition coefficient (Wildman–Crippen LogP) is 3.62. The van der Waals surface area contributed by atoms with Gasteiger partial charge in [0.1, 0.15) is 18.1 Å². The molecule has 1 atom stereocenters. The molecule has 0 bridgehead atoms. The molecule has 1 unspecified atom stereocenters. The summed E-state index contributed by atoms with van der Waals surface area (Å²) in [5.41, 5.74) is 2.94. The number of anilines is 6. The molecular weight excluding hydrogens is 963 g/mol. The number of para-hydroxylation sites is 1. The van der Waals surface area contributed by atoms with Gasteiger partial charge in [-0.15, -0.1) is 0 Å². The van der Waals surface area contributed by atoms with Crippen molar-refractivity contribution in [3.63, 3.8) is 0 Å². The zero-order chi connectivity index (χ0) is 51.5. The van der Waals surface area contributed by atoms with Crippen molar-refractivity contribution in [1.82, 2.24) is 35.0 Å². The Morgan fingerprint density at radius 2 is 1.44 bits per heavy atom. The molecule has 3 saturated heterocycles. The second kappa shape index (κ2) is 24.3. The first kappa shape index (κ1) is 52.5. The molecule has 73 heavy (non-hydrogen) atoms. The molecule has 4 aliphatic heterocycles. The van der Waals surface area contributed by atoms with Crippen LogP contribution in [0.5, 0.6) is 5.75 Å². The van der Waals surface area contributed by atoms with E-state index in [0.29, 0.717) is 94.5 Å². The van der Waals surface area contributed by atoms with Crippen LogP contribution >= 0.6 is 0 Å². The number of imide groups is 2. The third-order valence-electron chi connectivity index (χ3n) is 13.3. The fourth-order valence-electron chi connectivity index (χ4n) is 9.31. The summed E-state index contributed by atoms with van der Waals surface area (Å²) in [4.78, 5) is 84.2. The van der Waals surface area contributed by atoms with Gasteiger partial charge in [0.25, 0.3) is 11.8 Å². The number of ether oxygens (including phenoxy) is 4. The number of carbonyl (C=O) groups is 5. The van der Waals surface area contributed by atoms with Crippen molar-refractivity contribution in [1.29, 1.82) is 0 Å². The number of carbonyl (C=O) groups excluding carboxylic acids is 5. The minimum absolute atomic E-state index is 0.0525. The van der Waals surface area contributed by atoms with Crippen molar-refractivity contribution in [2.75, 3.05) is 113 Å². The van der Waals surface area contributed by atoms with E-state index in [0.717, 1.165) is 49.6 Å². The summed E-state index contributed by atoms with van der Waals surface area (Å²) >= 11 is 0. The summed E-state index contributed by atoms with van der Waals surface area (Å²) in [6.07, 6.45) is 3.79. The first-order valence-electron chi connectivity index (χ1n) is 24.6. The molecule has 1 aromatic heterocycles. The zero-order valence-electron chi connectivity index (χ0n) is 41.3. The van der Waals surface area contributed by atoms with Gasteiger partial charge in [0.2, 0.25) is 29.6 Å². The number of fused-ring (bicyclic) bond motifs is 1. The predicted molar refractivity (Wildman–Crippen MR) is 270 cm³/mol. The highest BCUT2D eigenvalue weighted by molar-refractivity contribution is 7.92. The van der Waals surface area contributed by atoms with E-state index < -0.39 is 44.8 Å². The highest BCUT2D eigenvalue weighted by Gasteiger charge is 2.45. The van der Waals surface area contributed by atoms with Gasteiger partial charge in [-0.1, -0.05) is 18.2 Å². The molecule has 4 aromatic rings. The monoisotopic (exact) mass is 1030 g/mol. The molecule has 0 spiro atoms. The van der Waals surface area contributed by atoms with Gasteiger partial charge in [0, 0.05) is 75.7 Å². The highest BCUT2D eigenvalue weighted by Crippen LogP contribution is 2.35. The van der Waals surface area contributed by atoms with Crippen molar-refractivity contribution in [3.05, 3.63) is 78.1 Å². The van der Waals surface area contributed by atoms with Crippen LogP contribution in [0.2, 0.25) is 0 Å². The third-order valence-corrected chi connectivity index (χ3v) is 15.5. The van der Waals surface area contributed by atoms with Crippen molar-refractivity contribution < 1.29 is 51.3 Å². The van der Waals surface area contributed by atoms with Crippen molar-refractivity contribution >= 4 is 74.0 Å². The number of hydrogen-bond acceptors (Lipinski definition) is 19. The summed E-state index contributed by atoms with van der Waals surface area (Å²) in [6, 6.07) is 16.9. The van der Waals surface area contributed by atoms with Gasteiger partial charge < -0.3 is 44.7 Å². The number of hydrogen-bond donors (Lipinski definition) is 4. The Labute approximate surface area is 424 Å². The first-order chi connectivity index (χ1) is 35.3. The number of benzene rings is 3. The number of piperazine rings is 1. The minimum atomic E-state index is -3.55. The quantitative estimate of drug-likeness (QED) is 0.0611. The maximum atomic E-state index is 13.3. The Morgan fingerprint density at radius 1 is 0.767 bits per heavy atom. The lowest BCUT2D eigenvalue weighted by molar-refractivity contribution is -0.136. The molecule has 390 valence electrons. The summed E-state index contributed by atoms with van der Waals surface area (Å²) in [6.45, 7) is 10.4. The number of nitrogens with zero attached hydrogens (tertiary/aromatic N) is 7. The average Bonchev–Trinajstić information content (AvgIpc) is 3.65. The Kier molecular flexibility index (Phi) is 17.5. The standard InChI is InChI=1S/C50H63N11O11S/c1-33(2)73(67,68)42-10-5-4-8-38(42)55-50-53-32-52-49(57-50)54-37-12-11-35(31-41(37)69-3)58-19-15-34(16-20-58)59-21-23-60(24-22-59)44(63)17-25-70-27-29-72-30-28-71-26-18-51-39-9-6-7-36-45(39)48(66)61(47(36)65)40-13-14-43(62)56-46(40)64/h4-12,31-34,40,51H,13-30H2,1-3H3,(H,56,62,64)(H2,52,53,54,55,57). The molecule has 8 rings (SSSR count). The molecule has 4 N–H and O–H groups in total. The minimum Gasteiger partial charge on any atom is -0.494 e. The first-order valence-corrected chi connectivity index (χ1v) is 26.2. The van der Waals surface area contributed by atoms with Gasteiger partial charge in [-0.25, -0.2) is 18.4 Å². The van der Waals surface area contributed by atoms with E-state index in [1.165, 1.54) is 6.33 Å². The van der Waals surface area contributed by atoms with E-state index in [1.807, 2.05) is 23.1 Å². The Balaban J connectivity index is 0.673. The molecular formula is C50H63N11O11S. The molecule has 5 heterocycles. The third kappa shape index (κ3) is 12.7. The lowest BCUT2D eigenvalue weighted by Gasteiger charge is -2.43. The van der Waals surface area contributed by atoms with Gasteiger partial charge in [-0.05, 0) is 69.5 Å². The smallest absolute Gasteiger partial charge is 0.264 e. The van der Waals surface area contributed by atoms with Crippen LogP contribution in [-0.4, -0.2) is 178 Å². The average molecular weight is 1030 g/mol. The van der Waals surface area contributed by atoms with Crippen LogP contribution in [0.3, 0.4) is 0 Å². The Hall–Kier alpha value is -6.79. The van der Waals surface area contributed by atoms with Gasteiger partial charge in [0.15, 0.2) is 9.84 Å². The van der Waals surface area contributed by atoms with Crippen LogP contribution in [0, 0.1) is 0 Å². The summed E-state index contributed by atoms with van der Waals surface area (Å²) in [5.74, 6) is -1.07. The van der Waals surface area contributed by atoms with Crippen LogP contribution in [0.1, 0.15) is 66.7 Å². The van der Waals surface area contributed by atoms with E-state index >= 15 is 0 Å². The van der Waals surface area contributed by atoms with Crippen LogP contribution in [0.25, 0.3) is 0 Å². The molecule has 5 amide bonds. The number of methoxy groups -OCH3 is 1. The Bertz CT molecular complexity index is 2750. The summed E-state index contributed by atoms with van der Waals surface area (Å²) < 4.78 is 48.7. The zero-order valence-corrected chi connectivity index (χ0v) is 42.2.